The highest BCUT2D eigenvalue weighted by molar-refractivity contribution is 8.00. The van der Waals surface area contributed by atoms with Crippen LogP contribution in [0.5, 0.6) is 0 Å². The molecule has 1 aliphatic heterocycles. The van der Waals surface area contributed by atoms with Crippen LogP contribution in [0, 0.1) is 5.92 Å². The lowest BCUT2D eigenvalue weighted by Crippen LogP contribution is -2.41. The fraction of sp³-hybridized carbons (Fsp3) is 0.389. The minimum absolute atomic E-state index is 0.177. The molecule has 2 aromatic rings. The van der Waals surface area contributed by atoms with E-state index in [1.807, 2.05) is 17.0 Å². The lowest BCUT2D eigenvalue weighted by Gasteiger charge is -2.31. The number of hydrogen-bond acceptors (Lipinski definition) is 3. The van der Waals surface area contributed by atoms with Crippen LogP contribution in [-0.4, -0.2) is 41.4 Å². The van der Waals surface area contributed by atoms with Gasteiger partial charge in [-0.05, 0) is 41.7 Å². The maximum atomic E-state index is 12.3. The minimum Gasteiger partial charge on any atom is -0.396 e. The van der Waals surface area contributed by atoms with Crippen LogP contribution >= 0.6 is 11.8 Å². The Morgan fingerprint density at radius 2 is 2.05 bits per heavy atom. The van der Waals surface area contributed by atoms with Gasteiger partial charge in [0.1, 0.15) is 0 Å². The van der Waals surface area contributed by atoms with Gasteiger partial charge < -0.3 is 10.0 Å². The third-order valence-corrected chi connectivity index (χ3v) is 5.19. The Balaban J connectivity index is 1.59. The highest BCUT2D eigenvalue weighted by atomic mass is 32.2. The van der Waals surface area contributed by atoms with Gasteiger partial charge >= 0.3 is 0 Å². The lowest BCUT2D eigenvalue weighted by molar-refractivity contribution is -0.130. The number of likely N-dealkylation sites (tertiary alicyclic amines) is 1. The van der Waals surface area contributed by atoms with Crippen LogP contribution in [0.3, 0.4) is 0 Å². The molecule has 1 aliphatic rings. The number of piperidine rings is 1. The average molecular weight is 315 g/mol. The second-order valence-corrected chi connectivity index (χ2v) is 6.88. The van der Waals surface area contributed by atoms with E-state index in [1.165, 1.54) is 10.8 Å². The number of rotatable bonds is 4. The molecule has 0 spiro atoms. The standard InChI is InChI=1S/C18H21NO2S/c20-12-14-4-3-9-19(11-14)18(21)13-22-17-8-7-15-5-1-2-6-16(15)10-17/h1-2,5-8,10,14,20H,3-4,9,11-13H2. The molecule has 4 heteroatoms. The van der Waals surface area contributed by atoms with E-state index in [9.17, 15) is 9.90 Å². The first-order valence-electron chi connectivity index (χ1n) is 7.76. The van der Waals surface area contributed by atoms with E-state index in [0.29, 0.717) is 12.3 Å². The zero-order valence-corrected chi connectivity index (χ0v) is 13.4. The van der Waals surface area contributed by atoms with Gasteiger partial charge in [0.15, 0.2) is 0 Å². The fourth-order valence-electron chi connectivity index (χ4n) is 2.93. The molecule has 0 aromatic heterocycles. The third kappa shape index (κ3) is 3.62. The van der Waals surface area contributed by atoms with Crippen molar-refractivity contribution < 1.29 is 9.90 Å². The molecule has 3 rings (SSSR count). The average Bonchev–Trinajstić information content (AvgIpc) is 2.59. The monoisotopic (exact) mass is 315 g/mol. The van der Waals surface area contributed by atoms with Gasteiger partial charge in [0.05, 0.1) is 5.75 Å². The largest absolute Gasteiger partial charge is 0.396 e. The lowest BCUT2D eigenvalue weighted by atomic mass is 9.99. The summed E-state index contributed by atoms with van der Waals surface area (Å²) < 4.78 is 0. The summed E-state index contributed by atoms with van der Waals surface area (Å²) in [4.78, 5) is 15.3. The minimum atomic E-state index is 0.177. The van der Waals surface area contributed by atoms with Gasteiger partial charge in [-0.2, -0.15) is 0 Å². The van der Waals surface area contributed by atoms with Gasteiger partial charge in [-0.3, -0.25) is 4.79 Å². The molecular formula is C18H21NO2S. The first-order chi connectivity index (χ1) is 10.8. The number of thioether (sulfide) groups is 1. The summed E-state index contributed by atoms with van der Waals surface area (Å²) in [6, 6.07) is 14.6. The number of nitrogens with zero attached hydrogens (tertiary/aromatic N) is 1. The van der Waals surface area contributed by atoms with Gasteiger partial charge in [-0.1, -0.05) is 30.3 Å². The molecule has 1 fully saturated rings. The van der Waals surface area contributed by atoms with E-state index in [-0.39, 0.29) is 18.4 Å². The number of hydrogen-bond donors (Lipinski definition) is 1. The van der Waals surface area contributed by atoms with Crippen molar-refractivity contribution in [2.45, 2.75) is 17.7 Å². The summed E-state index contributed by atoms with van der Waals surface area (Å²) in [5, 5.41) is 11.7. The smallest absolute Gasteiger partial charge is 0.232 e. The zero-order valence-electron chi connectivity index (χ0n) is 12.6. The van der Waals surface area contributed by atoms with E-state index in [1.54, 1.807) is 11.8 Å². The predicted molar refractivity (Wildman–Crippen MR) is 91.1 cm³/mol. The summed E-state index contributed by atoms with van der Waals surface area (Å²) in [7, 11) is 0. The summed E-state index contributed by atoms with van der Waals surface area (Å²) in [5.74, 6) is 0.899. The molecule has 116 valence electrons. The molecule has 1 heterocycles. The van der Waals surface area contributed by atoms with Gasteiger partial charge in [0.2, 0.25) is 5.91 Å². The Kier molecular flexibility index (Phi) is 5.01. The third-order valence-electron chi connectivity index (χ3n) is 4.21. The van der Waals surface area contributed by atoms with E-state index in [4.69, 9.17) is 0 Å². The first kappa shape index (κ1) is 15.4. The van der Waals surface area contributed by atoms with Gasteiger partial charge in [0.25, 0.3) is 0 Å². The number of amides is 1. The van der Waals surface area contributed by atoms with Crippen molar-refractivity contribution in [3.63, 3.8) is 0 Å². The molecule has 1 unspecified atom stereocenters. The molecular weight excluding hydrogens is 294 g/mol. The Hall–Kier alpha value is -1.52. The Bertz CT molecular complexity index is 658. The van der Waals surface area contributed by atoms with E-state index >= 15 is 0 Å². The Morgan fingerprint density at radius 3 is 2.86 bits per heavy atom. The zero-order chi connectivity index (χ0) is 15.4. The van der Waals surface area contributed by atoms with Crippen LogP contribution in [0.4, 0.5) is 0 Å². The summed E-state index contributed by atoms with van der Waals surface area (Å²) >= 11 is 1.59. The highest BCUT2D eigenvalue weighted by Gasteiger charge is 2.22. The predicted octanol–water partition coefficient (Wildman–Crippen LogP) is 3.16. The number of carbonyl (C=O) groups excluding carboxylic acids is 1. The van der Waals surface area contributed by atoms with Crippen LogP contribution in [0.2, 0.25) is 0 Å². The van der Waals surface area contributed by atoms with Crippen LogP contribution in [0.15, 0.2) is 47.4 Å². The number of carbonyl (C=O) groups is 1. The summed E-state index contributed by atoms with van der Waals surface area (Å²) in [5.41, 5.74) is 0. The fourth-order valence-corrected chi connectivity index (χ4v) is 3.78. The summed E-state index contributed by atoms with van der Waals surface area (Å²) in [6.45, 7) is 1.71. The van der Waals surface area contributed by atoms with Crippen molar-refractivity contribution in [1.82, 2.24) is 4.90 Å². The molecule has 0 bridgehead atoms. The highest BCUT2D eigenvalue weighted by Crippen LogP contribution is 2.24. The molecule has 2 aromatic carbocycles. The van der Waals surface area contributed by atoms with Gasteiger partial charge in [0, 0.05) is 24.6 Å². The van der Waals surface area contributed by atoms with Gasteiger partial charge in [-0.25, -0.2) is 0 Å². The van der Waals surface area contributed by atoms with Crippen LogP contribution in [-0.2, 0) is 4.79 Å². The topological polar surface area (TPSA) is 40.5 Å². The first-order valence-corrected chi connectivity index (χ1v) is 8.75. The molecule has 1 amide bonds. The van der Waals surface area contributed by atoms with Crippen molar-refractivity contribution in [2.75, 3.05) is 25.4 Å². The van der Waals surface area contributed by atoms with E-state index in [0.717, 1.165) is 24.3 Å². The second-order valence-electron chi connectivity index (χ2n) is 5.83. The maximum Gasteiger partial charge on any atom is 0.232 e. The van der Waals surface area contributed by atoms with Crippen molar-refractivity contribution in [2.24, 2.45) is 5.92 Å². The normalized spacial score (nSPS) is 18.6. The van der Waals surface area contributed by atoms with Crippen molar-refractivity contribution >= 4 is 28.4 Å². The molecule has 0 radical (unpaired) electrons. The SMILES string of the molecule is O=C(CSc1ccc2ccccc2c1)N1CCCC(CO)C1. The quantitative estimate of drug-likeness (QED) is 0.881. The molecule has 0 saturated carbocycles. The molecule has 0 aliphatic carbocycles. The molecule has 1 saturated heterocycles. The number of aliphatic hydroxyl groups excluding tert-OH is 1. The van der Waals surface area contributed by atoms with Crippen LogP contribution in [0.25, 0.3) is 10.8 Å². The van der Waals surface area contributed by atoms with Crippen molar-refractivity contribution in [3.05, 3.63) is 42.5 Å². The number of fused-ring (bicyclic) bond motifs is 1. The van der Waals surface area contributed by atoms with Crippen molar-refractivity contribution in [1.29, 1.82) is 0 Å². The number of aliphatic hydroxyl groups is 1. The maximum absolute atomic E-state index is 12.3. The van der Waals surface area contributed by atoms with Gasteiger partial charge in [-0.15, -0.1) is 11.8 Å². The van der Waals surface area contributed by atoms with E-state index in [2.05, 4.69) is 30.3 Å². The van der Waals surface area contributed by atoms with Crippen LogP contribution in [0.1, 0.15) is 12.8 Å². The second kappa shape index (κ2) is 7.16. The van der Waals surface area contributed by atoms with Crippen molar-refractivity contribution in [3.8, 4) is 0 Å². The number of benzene rings is 2. The molecule has 3 nitrogen and oxygen atoms in total. The van der Waals surface area contributed by atoms with Crippen LogP contribution < -0.4 is 0 Å². The molecule has 1 N–H and O–H groups in total. The summed E-state index contributed by atoms with van der Waals surface area (Å²) in [6.07, 6.45) is 2.02. The Morgan fingerprint density at radius 1 is 1.23 bits per heavy atom. The Labute approximate surface area is 135 Å². The molecule has 1 atom stereocenters. The van der Waals surface area contributed by atoms with E-state index < -0.39 is 0 Å². The molecule has 22 heavy (non-hydrogen) atoms.